The van der Waals surface area contributed by atoms with Crippen LogP contribution in [-0.4, -0.2) is 21.6 Å². The lowest BCUT2D eigenvalue weighted by Crippen LogP contribution is -2.08. The molecule has 0 aliphatic carbocycles. The summed E-state index contributed by atoms with van der Waals surface area (Å²) in [7, 11) is 0. The molecule has 1 amide bonds. The Hall–Kier alpha value is -2.61. The predicted molar refractivity (Wildman–Crippen MR) is 72.7 cm³/mol. The standard InChI is InChI=1S/C12H9N3O4S/c1-6(16)9-4-7(15(18)19)2-3-8(9)12-14-5-10(20-12)11(13)17/h2-5H,1H3,(H2,13,17). The Morgan fingerprint density at radius 1 is 1.40 bits per heavy atom. The molecular formula is C12H9N3O4S. The number of ketones is 1. The normalized spacial score (nSPS) is 10.2. The number of hydrogen-bond acceptors (Lipinski definition) is 6. The van der Waals surface area contributed by atoms with Crippen LogP contribution in [0, 0.1) is 10.1 Å². The maximum atomic E-state index is 11.6. The van der Waals surface area contributed by atoms with Crippen molar-refractivity contribution >= 4 is 28.7 Å². The lowest BCUT2D eigenvalue weighted by molar-refractivity contribution is -0.384. The van der Waals surface area contributed by atoms with Crippen LogP contribution in [0.3, 0.4) is 0 Å². The molecule has 0 bridgehead atoms. The summed E-state index contributed by atoms with van der Waals surface area (Å²) in [6, 6.07) is 3.93. The van der Waals surface area contributed by atoms with Crippen LogP contribution in [0.1, 0.15) is 27.0 Å². The van der Waals surface area contributed by atoms with Gasteiger partial charge in [0.1, 0.15) is 9.88 Å². The molecule has 1 aromatic carbocycles. The van der Waals surface area contributed by atoms with E-state index in [9.17, 15) is 19.7 Å². The van der Waals surface area contributed by atoms with Gasteiger partial charge in [0.2, 0.25) is 0 Å². The quantitative estimate of drug-likeness (QED) is 0.525. The van der Waals surface area contributed by atoms with Crippen LogP contribution in [0.5, 0.6) is 0 Å². The summed E-state index contributed by atoms with van der Waals surface area (Å²) in [5.41, 5.74) is 5.60. The SMILES string of the molecule is CC(=O)c1cc([N+](=O)[O-])ccc1-c1ncc(C(N)=O)s1. The van der Waals surface area contributed by atoms with E-state index in [-0.39, 0.29) is 21.9 Å². The summed E-state index contributed by atoms with van der Waals surface area (Å²) in [6.45, 7) is 1.31. The molecule has 0 unspecified atom stereocenters. The molecule has 2 rings (SSSR count). The van der Waals surface area contributed by atoms with Gasteiger partial charge in [0, 0.05) is 23.3 Å². The highest BCUT2D eigenvalue weighted by atomic mass is 32.1. The number of Topliss-reactive ketones (excluding diaryl/α,β-unsaturated/α-hetero) is 1. The van der Waals surface area contributed by atoms with Gasteiger partial charge in [-0.2, -0.15) is 0 Å². The first-order chi connectivity index (χ1) is 9.40. The topological polar surface area (TPSA) is 116 Å². The van der Waals surface area contributed by atoms with Crippen molar-refractivity contribution in [1.29, 1.82) is 0 Å². The molecular weight excluding hydrogens is 282 g/mol. The molecule has 0 atom stereocenters. The highest BCUT2D eigenvalue weighted by Gasteiger charge is 2.18. The van der Waals surface area contributed by atoms with E-state index in [0.29, 0.717) is 10.6 Å². The monoisotopic (exact) mass is 291 g/mol. The van der Waals surface area contributed by atoms with Crippen molar-refractivity contribution in [3.8, 4) is 10.6 Å². The Labute approximate surface area is 117 Å². The highest BCUT2D eigenvalue weighted by Crippen LogP contribution is 2.30. The first-order valence-corrected chi connectivity index (χ1v) is 6.27. The summed E-state index contributed by atoms with van der Waals surface area (Å²) < 4.78 is 0. The van der Waals surface area contributed by atoms with Crippen LogP contribution in [0.2, 0.25) is 0 Å². The first kappa shape index (κ1) is 13.8. The van der Waals surface area contributed by atoms with Crippen LogP contribution < -0.4 is 5.73 Å². The zero-order valence-electron chi connectivity index (χ0n) is 10.3. The van der Waals surface area contributed by atoms with Crippen molar-refractivity contribution in [1.82, 2.24) is 4.98 Å². The number of nitro benzene ring substituents is 1. The zero-order valence-corrected chi connectivity index (χ0v) is 11.1. The van der Waals surface area contributed by atoms with E-state index in [4.69, 9.17) is 5.73 Å². The number of rotatable bonds is 4. The number of amides is 1. The van der Waals surface area contributed by atoms with Crippen molar-refractivity contribution in [2.45, 2.75) is 6.92 Å². The summed E-state index contributed by atoms with van der Waals surface area (Å²) >= 11 is 1.03. The molecule has 7 nitrogen and oxygen atoms in total. The predicted octanol–water partition coefficient (Wildman–Crippen LogP) is 2.02. The third kappa shape index (κ3) is 2.54. The Bertz CT molecular complexity index is 723. The van der Waals surface area contributed by atoms with Gasteiger partial charge < -0.3 is 5.73 Å². The summed E-state index contributed by atoms with van der Waals surface area (Å²) in [5.74, 6) is -0.931. The molecule has 0 saturated carbocycles. The molecule has 2 aromatic rings. The second kappa shape index (κ2) is 5.17. The summed E-state index contributed by atoms with van der Waals surface area (Å²) in [4.78, 5) is 37.1. The van der Waals surface area contributed by atoms with Crippen LogP contribution >= 0.6 is 11.3 Å². The molecule has 0 radical (unpaired) electrons. The van der Waals surface area contributed by atoms with E-state index in [1.807, 2.05) is 0 Å². The van der Waals surface area contributed by atoms with Crippen molar-refractivity contribution in [3.63, 3.8) is 0 Å². The number of primary amides is 1. The minimum atomic E-state index is -0.611. The lowest BCUT2D eigenvalue weighted by Gasteiger charge is -2.03. The second-order valence-corrected chi connectivity index (χ2v) is 4.97. The van der Waals surface area contributed by atoms with Gasteiger partial charge >= 0.3 is 0 Å². The summed E-state index contributed by atoms with van der Waals surface area (Å²) in [5, 5.41) is 11.2. The number of carbonyl (C=O) groups is 2. The van der Waals surface area contributed by atoms with Gasteiger partial charge in [0.25, 0.3) is 11.6 Å². The third-order valence-electron chi connectivity index (χ3n) is 2.57. The van der Waals surface area contributed by atoms with Crippen molar-refractivity contribution in [3.05, 3.63) is 45.0 Å². The molecule has 0 saturated heterocycles. The molecule has 8 heteroatoms. The van der Waals surface area contributed by atoms with Crippen molar-refractivity contribution in [2.75, 3.05) is 0 Å². The number of thiazole rings is 1. The number of nitro groups is 1. The van der Waals surface area contributed by atoms with Crippen molar-refractivity contribution in [2.24, 2.45) is 5.73 Å². The minimum Gasteiger partial charge on any atom is -0.365 e. The number of aromatic nitrogens is 1. The third-order valence-corrected chi connectivity index (χ3v) is 3.62. The molecule has 2 N–H and O–H groups in total. The van der Waals surface area contributed by atoms with Crippen LogP contribution in [0.4, 0.5) is 5.69 Å². The number of carbonyl (C=O) groups excluding carboxylic acids is 2. The fourth-order valence-corrected chi connectivity index (χ4v) is 2.44. The van der Waals surface area contributed by atoms with Crippen LogP contribution in [0.25, 0.3) is 10.6 Å². The first-order valence-electron chi connectivity index (χ1n) is 5.45. The fraction of sp³-hybridized carbons (Fsp3) is 0.0833. The molecule has 102 valence electrons. The van der Waals surface area contributed by atoms with E-state index in [1.165, 1.54) is 31.3 Å². The minimum absolute atomic E-state index is 0.175. The average Bonchev–Trinajstić information content (AvgIpc) is 2.87. The number of hydrogen-bond donors (Lipinski definition) is 1. The Kier molecular flexibility index (Phi) is 3.57. The van der Waals surface area contributed by atoms with E-state index in [2.05, 4.69) is 4.98 Å². The number of nitrogens with two attached hydrogens (primary N) is 1. The van der Waals surface area contributed by atoms with Crippen LogP contribution in [0.15, 0.2) is 24.4 Å². The van der Waals surface area contributed by atoms with Gasteiger partial charge in [-0.1, -0.05) is 0 Å². The molecule has 1 heterocycles. The van der Waals surface area contributed by atoms with E-state index < -0.39 is 10.8 Å². The number of nitrogens with zero attached hydrogens (tertiary/aromatic N) is 2. The molecule has 0 aliphatic heterocycles. The molecule has 1 aromatic heterocycles. The maximum absolute atomic E-state index is 11.6. The Morgan fingerprint density at radius 3 is 2.60 bits per heavy atom. The Balaban J connectivity index is 2.57. The lowest BCUT2D eigenvalue weighted by atomic mass is 10.0. The fourth-order valence-electron chi connectivity index (χ4n) is 1.64. The van der Waals surface area contributed by atoms with Gasteiger partial charge in [-0.05, 0) is 13.0 Å². The highest BCUT2D eigenvalue weighted by molar-refractivity contribution is 7.16. The van der Waals surface area contributed by atoms with E-state index >= 15 is 0 Å². The molecule has 0 spiro atoms. The Morgan fingerprint density at radius 2 is 2.10 bits per heavy atom. The number of benzene rings is 1. The van der Waals surface area contributed by atoms with Gasteiger partial charge in [0.05, 0.1) is 11.1 Å². The zero-order chi connectivity index (χ0) is 14.9. The molecule has 20 heavy (non-hydrogen) atoms. The van der Waals surface area contributed by atoms with Gasteiger partial charge in [-0.15, -0.1) is 11.3 Å². The van der Waals surface area contributed by atoms with Gasteiger partial charge in [-0.3, -0.25) is 19.7 Å². The van der Waals surface area contributed by atoms with E-state index in [1.54, 1.807) is 0 Å². The smallest absolute Gasteiger partial charge is 0.270 e. The summed E-state index contributed by atoms with van der Waals surface area (Å²) in [6.07, 6.45) is 1.31. The van der Waals surface area contributed by atoms with Crippen molar-refractivity contribution < 1.29 is 14.5 Å². The molecule has 0 fully saturated rings. The number of non-ortho nitro benzene ring substituents is 1. The van der Waals surface area contributed by atoms with Crippen LogP contribution in [-0.2, 0) is 0 Å². The van der Waals surface area contributed by atoms with Gasteiger partial charge in [0.15, 0.2) is 5.78 Å². The molecule has 0 aliphatic rings. The second-order valence-electron chi connectivity index (χ2n) is 3.94. The average molecular weight is 291 g/mol. The largest absolute Gasteiger partial charge is 0.365 e. The van der Waals surface area contributed by atoms with Gasteiger partial charge in [-0.25, -0.2) is 4.98 Å². The maximum Gasteiger partial charge on any atom is 0.270 e. The van der Waals surface area contributed by atoms with E-state index in [0.717, 1.165) is 11.3 Å².